The van der Waals surface area contributed by atoms with Crippen molar-refractivity contribution >= 4 is 5.78 Å². The molecule has 0 saturated carbocycles. The zero-order chi connectivity index (χ0) is 9.97. The van der Waals surface area contributed by atoms with Crippen molar-refractivity contribution in [2.75, 3.05) is 0 Å². The lowest BCUT2D eigenvalue weighted by Gasteiger charge is -1.98. The van der Waals surface area contributed by atoms with E-state index in [1.807, 2.05) is 18.2 Å². The third-order valence-electron chi connectivity index (χ3n) is 1.95. The van der Waals surface area contributed by atoms with E-state index in [0.717, 1.165) is 0 Å². The average molecular weight is 187 g/mol. The fraction of sp³-hybridized carbons (Fsp3) is 0.100. The number of aromatic nitrogens is 3. The summed E-state index contributed by atoms with van der Waals surface area (Å²) in [6.45, 7) is 0. The van der Waals surface area contributed by atoms with E-state index in [9.17, 15) is 4.79 Å². The van der Waals surface area contributed by atoms with Crippen molar-refractivity contribution in [2.45, 2.75) is 0 Å². The summed E-state index contributed by atoms with van der Waals surface area (Å²) < 4.78 is 1.47. The van der Waals surface area contributed by atoms with E-state index in [1.165, 1.54) is 11.0 Å². The summed E-state index contributed by atoms with van der Waals surface area (Å²) in [5, 5.41) is 3.85. The molecule has 0 fully saturated rings. The number of carbonyl (C=O) groups is 1. The maximum Gasteiger partial charge on any atom is 0.229 e. The van der Waals surface area contributed by atoms with Gasteiger partial charge in [0.15, 0.2) is 5.82 Å². The highest BCUT2D eigenvalue weighted by Crippen LogP contribution is 2.05. The molecule has 0 bridgehead atoms. The van der Waals surface area contributed by atoms with E-state index in [1.54, 1.807) is 19.2 Å². The van der Waals surface area contributed by atoms with Crippen LogP contribution in [0.1, 0.15) is 16.2 Å². The minimum Gasteiger partial charge on any atom is -0.285 e. The minimum atomic E-state index is -0.106. The first kappa shape index (κ1) is 8.62. The molecule has 1 aromatic heterocycles. The Hall–Kier alpha value is -1.97. The quantitative estimate of drug-likeness (QED) is 0.660. The van der Waals surface area contributed by atoms with Crippen LogP contribution in [0, 0.1) is 0 Å². The Bertz CT molecular complexity index is 447. The lowest BCUT2D eigenvalue weighted by Crippen LogP contribution is -2.09. The molecule has 1 heterocycles. The molecular weight excluding hydrogens is 178 g/mol. The van der Waals surface area contributed by atoms with Gasteiger partial charge in [0.25, 0.3) is 0 Å². The third kappa shape index (κ3) is 1.42. The molecule has 0 N–H and O–H groups in total. The van der Waals surface area contributed by atoms with E-state index in [0.29, 0.717) is 11.4 Å². The van der Waals surface area contributed by atoms with Gasteiger partial charge in [0, 0.05) is 12.6 Å². The fourth-order valence-electron chi connectivity index (χ4n) is 1.22. The van der Waals surface area contributed by atoms with Crippen LogP contribution in [0.15, 0.2) is 36.7 Å². The van der Waals surface area contributed by atoms with E-state index < -0.39 is 0 Å². The number of benzene rings is 1. The summed E-state index contributed by atoms with van der Waals surface area (Å²) in [5.41, 5.74) is 0.628. The first-order valence-electron chi connectivity index (χ1n) is 4.23. The molecule has 14 heavy (non-hydrogen) atoms. The largest absolute Gasteiger partial charge is 0.285 e. The highest BCUT2D eigenvalue weighted by atomic mass is 16.1. The number of hydrogen-bond acceptors (Lipinski definition) is 3. The Balaban J connectivity index is 2.39. The maximum atomic E-state index is 11.8. The van der Waals surface area contributed by atoms with Crippen molar-refractivity contribution in [3.05, 3.63) is 48.0 Å². The topological polar surface area (TPSA) is 47.8 Å². The van der Waals surface area contributed by atoms with Gasteiger partial charge in [-0.2, -0.15) is 5.10 Å². The van der Waals surface area contributed by atoms with Crippen LogP contribution in [0.25, 0.3) is 0 Å². The smallest absolute Gasteiger partial charge is 0.229 e. The van der Waals surface area contributed by atoms with Crippen LogP contribution in [-0.4, -0.2) is 20.5 Å². The first-order valence-corrected chi connectivity index (χ1v) is 4.23. The predicted molar refractivity (Wildman–Crippen MR) is 50.9 cm³/mol. The van der Waals surface area contributed by atoms with Gasteiger partial charge in [0.2, 0.25) is 5.78 Å². The molecule has 0 aliphatic rings. The molecule has 4 nitrogen and oxygen atoms in total. The van der Waals surface area contributed by atoms with Gasteiger partial charge in [-0.15, -0.1) is 0 Å². The fourth-order valence-corrected chi connectivity index (χ4v) is 1.22. The average Bonchev–Trinajstić information content (AvgIpc) is 2.65. The summed E-state index contributed by atoms with van der Waals surface area (Å²) in [5.74, 6) is 0.252. The number of rotatable bonds is 2. The van der Waals surface area contributed by atoms with Crippen molar-refractivity contribution in [3.8, 4) is 0 Å². The van der Waals surface area contributed by atoms with Crippen molar-refractivity contribution in [3.63, 3.8) is 0 Å². The second kappa shape index (κ2) is 3.41. The molecule has 0 saturated heterocycles. The maximum absolute atomic E-state index is 11.8. The van der Waals surface area contributed by atoms with Gasteiger partial charge in [0.1, 0.15) is 6.33 Å². The molecule has 0 aliphatic heterocycles. The molecule has 0 aliphatic carbocycles. The second-order valence-electron chi connectivity index (χ2n) is 2.90. The summed E-state index contributed by atoms with van der Waals surface area (Å²) in [4.78, 5) is 15.7. The van der Waals surface area contributed by atoms with Crippen molar-refractivity contribution in [1.82, 2.24) is 14.8 Å². The summed E-state index contributed by atoms with van der Waals surface area (Å²) >= 11 is 0. The molecule has 0 unspecified atom stereocenters. The number of aryl methyl sites for hydroxylation is 1. The number of ketones is 1. The lowest BCUT2D eigenvalue weighted by atomic mass is 10.1. The second-order valence-corrected chi connectivity index (χ2v) is 2.90. The predicted octanol–water partition coefficient (Wildman–Crippen LogP) is 1.05. The third-order valence-corrected chi connectivity index (χ3v) is 1.95. The molecular formula is C10H9N3O. The summed E-state index contributed by atoms with van der Waals surface area (Å²) in [6, 6.07) is 9.04. The van der Waals surface area contributed by atoms with Gasteiger partial charge in [-0.05, 0) is 0 Å². The monoisotopic (exact) mass is 187 g/mol. The van der Waals surface area contributed by atoms with Gasteiger partial charge in [-0.1, -0.05) is 30.3 Å². The van der Waals surface area contributed by atoms with Crippen LogP contribution in [0.3, 0.4) is 0 Å². The molecule has 0 amide bonds. The Labute approximate surface area is 81.2 Å². The van der Waals surface area contributed by atoms with E-state index in [4.69, 9.17) is 0 Å². The Morgan fingerprint density at radius 3 is 2.57 bits per heavy atom. The molecule has 0 spiro atoms. The van der Waals surface area contributed by atoms with Gasteiger partial charge in [0.05, 0.1) is 0 Å². The van der Waals surface area contributed by atoms with Gasteiger partial charge in [-0.25, -0.2) is 9.67 Å². The Kier molecular flexibility index (Phi) is 2.10. The van der Waals surface area contributed by atoms with E-state index >= 15 is 0 Å². The van der Waals surface area contributed by atoms with Gasteiger partial charge >= 0.3 is 0 Å². The lowest BCUT2D eigenvalue weighted by molar-refractivity contribution is 0.102. The molecule has 70 valence electrons. The first-order chi connectivity index (χ1) is 6.79. The zero-order valence-electron chi connectivity index (χ0n) is 7.71. The number of carbonyl (C=O) groups excluding carboxylic acids is 1. The number of nitrogens with zero attached hydrogens (tertiary/aromatic N) is 3. The van der Waals surface area contributed by atoms with Crippen molar-refractivity contribution in [2.24, 2.45) is 7.05 Å². The molecule has 1 aromatic carbocycles. The molecule has 2 rings (SSSR count). The Morgan fingerprint density at radius 2 is 2.00 bits per heavy atom. The molecule has 2 aromatic rings. The van der Waals surface area contributed by atoms with E-state index in [2.05, 4.69) is 10.1 Å². The van der Waals surface area contributed by atoms with Crippen LogP contribution < -0.4 is 0 Å². The van der Waals surface area contributed by atoms with Crippen LogP contribution >= 0.6 is 0 Å². The highest BCUT2D eigenvalue weighted by Gasteiger charge is 2.13. The van der Waals surface area contributed by atoms with Gasteiger partial charge in [-0.3, -0.25) is 4.79 Å². The zero-order valence-corrected chi connectivity index (χ0v) is 7.71. The van der Waals surface area contributed by atoms with Crippen LogP contribution in [0.2, 0.25) is 0 Å². The standard InChI is InChI=1S/C10H9N3O/c1-13-10(11-7-12-13)9(14)8-5-3-2-4-6-8/h2-7H,1H3. The van der Waals surface area contributed by atoms with Crippen molar-refractivity contribution in [1.29, 1.82) is 0 Å². The number of hydrogen-bond donors (Lipinski definition) is 0. The van der Waals surface area contributed by atoms with Crippen LogP contribution in [0.5, 0.6) is 0 Å². The SMILES string of the molecule is Cn1ncnc1C(=O)c1ccccc1. The minimum absolute atomic E-state index is 0.106. The summed E-state index contributed by atoms with van der Waals surface area (Å²) in [7, 11) is 1.70. The summed E-state index contributed by atoms with van der Waals surface area (Å²) in [6.07, 6.45) is 1.37. The van der Waals surface area contributed by atoms with Crippen molar-refractivity contribution < 1.29 is 4.79 Å². The normalized spacial score (nSPS) is 10.1. The molecule has 4 heteroatoms. The highest BCUT2D eigenvalue weighted by molar-refractivity contribution is 6.06. The van der Waals surface area contributed by atoms with E-state index in [-0.39, 0.29) is 5.78 Å². The molecule has 0 atom stereocenters. The molecule has 0 radical (unpaired) electrons. The van der Waals surface area contributed by atoms with Gasteiger partial charge < -0.3 is 0 Å². The van der Waals surface area contributed by atoms with Crippen LogP contribution in [-0.2, 0) is 7.05 Å². The Morgan fingerprint density at radius 1 is 1.29 bits per heavy atom. The van der Waals surface area contributed by atoms with Crippen LogP contribution in [0.4, 0.5) is 0 Å².